The van der Waals surface area contributed by atoms with Crippen LogP contribution in [0.15, 0.2) is 30.3 Å². The molecule has 0 heterocycles. The molecule has 0 saturated carbocycles. The molecule has 0 amide bonds. The van der Waals surface area contributed by atoms with E-state index in [1.54, 1.807) is 0 Å². The van der Waals surface area contributed by atoms with E-state index < -0.39 is 0 Å². The van der Waals surface area contributed by atoms with Gasteiger partial charge in [-0.05, 0) is 30.9 Å². The Morgan fingerprint density at radius 1 is 1.28 bits per heavy atom. The zero-order valence-electron chi connectivity index (χ0n) is 11.5. The maximum absolute atomic E-state index is 11.7. The lowest BCUT2D eigenvalue weighted by atomic mass is 10.1. The quantitative estimate of drug-likeness (QED) is 0.754. The summed E-state index contributed by atoms with van der Waals surface area (Å²) in [5.74, 6) is 0.440. The van der Waals surface area contributed by atoms with Crippen molar-refractivity contribution >= 4 is 5.97 Å². The fourth-order valence-corrected chi connectivity index (χ4v) is 1.78. The van der Waals surface area contributed by atoms with Gasteiger partial charge in [0.05, 0.1) is 7.11 Å². The molecular formula is C15H23NO2. The first-order valence-electron chi connectivity index (χ1n) is 6.48. The largest absolute Gasteiger partial charge is 0.468 e. The van der Waals surface area contributed by atoms with Crippen LogP contribution in [0, 0.1) is 5.92 Å². The van der Waals surface area contributed by atoms with Crippen LogP contribution in [0.3, 0.4) is 0 Å². The summed E-state index contributed by atoms with van der Waals surface area (Å²) in [6, 6.07) is 9.74. The number of esters is 1. The third-order valence-electron chi connectivity index (χ3n) is 2.88. The van der Waals surface area contributed by atoms with Crippen molar-refractivity contribution in [1.29, 1.82) is 0 Å². The number of rotatable bonds is 7. The van der Waals surface area contributed by atoms with Gasteiger partial charge in [0.2, 0.25) is 0 Å². The fourth-order valence-electron chi connectivity index (χ4n) is 1.78. The second-order valence-corrected chi connectivity index (χ2v) is 4.90. The van der Waals surface area contributed by atoms with Crippen molar-refractivity contribution in [1.82, 2.24) is 5.32 Å². The first-order chi connectivity index (χ1) is 8.63. The number of carbonyl (C=O) groups is 1. The summed E-state index contributed by atoms with van der Waals surface area (Å²) in [5, 5.41) is 3.28. The first-order valence-corrected chi connectivity index (χ1v) is 6.48. The Balaban J connectivity index is 2.53. The number of hydrogen-bond acceptors (Lipinski definition) is 3. The van der Waals surface area contributed by atoms with E-state index in [2.05, 4.69) is 19.2 Å². The van der Waals surface area contributed by atoms with Crippen molar-refractivity contribution in [3.8, 4) is 0 Å². The third-order valence-corrected chi connectivity index (χ3v) is 2.88. The maximum Gasteiger partial charge on any atom is 0.323 e. The molecule has 1 atom stereocenters. The summed E-state index contributed by atoms with van der Waals surface area (Å²) in [6.45, 7) is 5.18. The van der Waals surface area contributed by atoms with E-state index in [-0.39, 0.29) is 12.0 Å². The van der Waals surface area contributed by atoms with Gasteiger partial charge < -0.3 is 10.1 Å². The second kappa shape index (κ2) is 7.88. The highest BCUT2D eigenvalue weighted by molar-refractivity contribution is 5.76. The average molecular weight is 249 g/mol. The summed E-state index contributed by atoms with van der Waals surface area (Å²) in [7, 11) is 1.43. The van der Waals surface area contributed by atoms with Crippen LogP contribution in [0.1, 0.15) is 25.8 Å². The summed E-state index contributed by atoms with van der Waals surface area (Å²) >= 11 is 0. The summed E-state index contributed by atoms with van der Waals surface area (Å²) < 4.78 is 4.84. The molecule has 3 heteroatoms. The van der Waals surface area contributed by atoms with Crippen molar-refractivity contribution < 1.29 is 9.53 Å². The van der Waals surface area contributed by atoms with E-state index in [4.69, 9.17) is 4.74 Å². The predicted octanol–water partition coefficient (Wildman–Crippen LogP) is 2.41. The molecule has 0 aliphatic heterocycles. The lowest BCUT2D eigenvalue weighted by molar-refractivity contribution is -0.143. The number of methoxy groups -OCH3 is 1. The SMILES string of the molecule is COC(=O)[C@@H](Cc1ccccc1)NCCC(C)C. The zero-order chi connectivity index (χ0) is 13.4. The number of benzene rings is 1. The summed E-state index contributed by atoms with van der Waals surface area (Å²) in [5.41, 5.74) is 1.14. The van der Waals surface area contributed by atoms with E-state index in [0.717, 1.165) is 18.5 Å². The molecule has 0 aliphatic rings. The lowest BCUT2D eigenvalue weighted by Gasteiger charge is -2.17. The molecule has 0 saturated heterocycles. The molecule has 0 unspecified atom stereocenters. The average Bonchev–Trinajstić information content (AvgIpc) is 2.37. The first kappa shape index (κ1) is 14.7. The predicted molar refractivity (Wildman–Crippen MR) is 73.4 cm³/mol. The molecule has 0 radical (unpaired) electrons. The fraction of sp³-hybridized carbons (Fsp3) is 0.533. The van der Waals surface area contributed by atoms with Crippen molar-refractivity contribution in [2.45, 2.75) is 32.7 Å². The van der Waals surface area contributed by atoms with Gasteiger partial charge in [0.25, 0.3) is 0 Å². The van der Waals surface area contributed by atoms with E-state index in [0.29, 0.717) is 12.3 Å². The van der Waals surface area contributed by atoms with Gasteiger partial charge in [-0.15, -0.1) is 0 Å². The normalized spacial score (nSPS) is 12.4. The van der Waals surface area contributed by atoms with Gasteiger partial charge in [0.15, 0.2) is 0 Å². The summed E-state index contributed by atoms with van der Waals surface area (Å²) in [6.07, 6.45) is 1.73. The van der Waals surface area contributed by atoms with Crippen LogP contribution in [0.25, 0.3) is 0 Å². The van der Waals surface area contributed by atoms with E-state index in [1.165, 1.54) is 7.11 Å². The molecule has 1 N–H and O–H groups in total. The highest BCUT2D eigenvalue weighted by Gasteiger charge is 2.18. The lowest BCUT2D eigenvalue weighted by Crippen LogP contribution is -2.40. The molecule has 0 bridgehead atoms. The van der Waals surface area contributed by atoms with E-state index >= 15 is 0 Å². The van der Waals surface area contributed by atoms with Crippen LogP contribution >= 0.6 is 0 Å². The Morgan fingerprint density at radius 2 is 1.94 bits per heavy atom. The molecule has 1 rings (SSSR count). The number of carbonyl (C=O) groups excluding carboxylic acids is 1. The van der Waals surface area contributed by atoms with E-state index in [9.17, 15) is 4.79 Å². The molecule has 3 nitrogen and oxygen atoms in total. The van der Waals surface area contributed by atoms with Gasteiger partial charge in [-0.3, -0.25) is 4.79 Å². The second-order valence-electron chi connectivity index (χ2n) is 4.90. The highest BCUT2D eigenvalue weighted by atomic mass is 16.5. The number of nitrogens with one attached hydrogen (secondary N) is 1. The number of ether oxygens (including phenoxy) is 1. The Bertz CT molecular complexity index is 349. The minimum absolute atomic E-state index is 0.192. The zero-order valence-corrected chi connectivity index (χ0v) is 11.5. The van der Waals surface area contributed by atoms with Crippen molar-refractivity contribution in [2.75, 3.05) is 13.7 Å². The molecule has 0 aromatic heterocycles. The Morgan fingerprint density at radius 3 is 2.50 bits per heavy atom. The molecular weight excluding hydrogens is 226 g/mol. The van der Waals surface area contributed by atoms with Crippen molar-refractivity contribution in [2.24, 2.45) is 5.92 Å². The highest BCUT2D eigenvalue weighted by Crippen LogP contribution is 2.05. The van der Waals surface area contributed by atoms with Crippen LogP contribution in [0.5, 0.6) is 0 Å². The van der Waals surface area contributed by atoms with Gasteiger partial charge in [0.1, 0.15) is 6.04 Å². The minimum Gasteiger partial charge on any atom is -0.468 e. The van der Waals surface area contributed by atoms with Crippen LogP contribution in [-0.4, -0.2) is 25.7 Å². The topological polar surface area (TPSA) is 38.3 Å². The molecule has 18 heavy (non-hydrogen) atoms. The van der Waals surface area contributed by atoms with E-state index in [1.807, 2.05) is 30.3 Å². The van der Waals surface area contributed by atoms with Gasteiger partial charge in [0, 0.05) is 0 Å². The van der Waals surface area contributed by atoms with Gasteiger partial charge in [-0.2, -0.15) is 0 Å². The Labute approximate surface area is 110 Å². The van der Waals surface area contributed by atoms with Crippen LogP contribution in [0.4, 0.5) is 0 Å². The Kier molecular flexibility index (Phi) is 6.44. The summed E-state index contributed by atoms with van der Waals surface area (Å²) in [4.78, 5) is 11.7. The monoisotopic (exact) mass is 249 g/mol. The molecule has 100 valence electrons. The molecule has 0 aliphatic carbocycles. The third kappa shape index (κ3) is 5.32. The Hall–Kier alpha value is -1.35. The van der Waals surface area contributed by atoms with Gasteiger partial charge in [-0.1, -0.05) is 44.2 Å². The standard InChI is InChI=1S/C15H23NO2/c1-12(2)9-10-16-14(15(17)18-3)11-13-7-5-4-6-8-13/h4-8,12,14,16H,9-11H2,1-3H3/t14-/m1/s1. The molecule has 0 spiro atoms. The molecule has 1 aromatic carbocycles. The van der Waals surface area contributed by atoms with Crippen molar-refractivity contribution in [3.63, 3.8) is 0 Å². The van der Waals surface area contributed by atoms with Crippen molar-refractivity contribution in [3.05, 3.63) is 35.9 Å². The molecule has 0 fully saturated rings. The van der Waals surface area contributed by atoms with Gasteiger partial charge in [-0.25, -0.2) is 0 Å². The minimum atomic E-state index is -0.254. The van der Waals surface area contributed by atoms with Crippen LogP contribution in [0.2, 0.25) is 0 Å². The smallest absolute Gasteiger partial charge is 0.323 e. The molecule has 1 aromatic rings. The maximum atomic E-state index is 11.7. The number of hydrogen-bond donors (Lipinski definition) is 1. The van der Waals surface area contributed by atoms with Crippen LogP contribution < -0.4 is 5.32 Å². The van der Waals surface area contributed by atoms with Gasteiger partial charge >= 0.3 is 5.97 Å². The van der Waals surface area contributed by atoms with Crippen LogP contribution in [-0.2, 0) is 16.0 Å².